The summed E-state index contributed by atoms with van der Waals surface area (Å²) in [5, 5.41) is 3.22. The van der Waals surface area contributed by atoms with Crippen LogP contribution in [0.3, 0.4) is 0 Å². The molecule has 0 radical (unpaired) electrons. The average molecular weight is 201 g/mol. The zero-order valence-electron chi connectivity index (χ0n) is 8.75. The molecule has 1 aliphatic rings. The molecule has 0 aromatic rings. The van der Waals surface area contributed by atoms with Crippen molar-refractivity contribution in [2.24, 2.45) is 5.92 Å². The van der Waals surface area contributed by atoms with Crippen LogP contribution in [0, 0.1) is 5.92 Å². The highest BCUT2D eigenvalue weighted by Gasteiger charge is 2.21. The van der Waals surface area contributed by atoms with E-state index in [1.807, 2.05) is 0 Å². The molecule has 1 rings (SSSR count). The molecule has 0 spiro atoms. The van der Waals surface area contributed by atoms with Gasteiger partial charge in [0.2, 0.25) is 0 Å². The summed E-state index contributed by atoms with van der Waals surface area (Å²) in [6.45, 7) is 2.99. The fraction of sp³-hybridized carbons (Fsp3) is 0.900. The van der Waals surface area contributed by atoms with Gasteiger partial charge in [-0.05, 0) is 25.9 Å². The first-order valence-electron chi connectivity index (χ1n) is 5.21. The third-order valence-corrected chi connectivity index (χ3v) is 2.41. The van der Waals surface area contributed by atoms with Gasteiger partial charge >= 0.3 is 5.97 Å². The van der Waals surface area contributed by atoms with Gasteiger partial charge in [0.05, 0.1) is 12.5 Å². The molecule has 1 heterocycles. The second-order valence-corrected chi connectivity index (χ2v) is 3.54. The van der Waals surface area contributed by atoms with Crippen LogP contribution in [0.15, 0.2) is 0 Å². The monoisotopic (exact) mass is 201 g/mol. The minimum atomic E-state index is -0.0393. The van der Waals surface area contributed by atoms with Gasteiger partial charge in [-0.25, -0.2) is 0 Å². The number of methoxy groups -OCH3 is 1. The van der Waals surface area contributed by atoms with E-state index in [2.05, 4.69) is 5.32 Å². The lowest BCUT2D eigenvalue weighted by Crippen LogP contribution is -2.32. The average Bonchev–Trinajstić information content (AvgIpc) is 2.25. The summed E-state index contributed by atoms with van der Waals surface area (Å²) in [6.07, 6.45) is 2.60. The van der Waals surface area contributed by atoms with Crippen LogP contribution in [-0.4, -0.2) is 39.4 Å². The number of ether oxygens (including phenoxy) is 2. The van der Waals surface area contributed by atoms with Gasteiger partial charge in [-0.1, -0.05) is 0 Å². The lowest BCUT2D eigenvalue weighted by molar-refractivity contribution is -0.149. The molecular formula is C10H19NO3. The molecular weight excluding hydrogens is 182 g/mol. The second kappa shape index (κ2) is 6.79. The van der Waals surface area contributed by atoms with Crippen LogP contribution in [-0.2, 0) is 14.3 Å². The van der Waals surface area contributed by atoms with Crippen molar-refractivity contribution in [1.82, 2.24) is 5.32 Å². The fourth-order valence-corrected chi connectivity index (χ4v) is 1.55. The predicted octanol–water partition coefficient (Wildman–Crippen LogP) is 0.566. The number of carbonyl (C=O) groups excluding carboxylic acids is 1. The third kappa shape index (κ3) is 4.07. The Bertz CT molecular complexity index is 167. The van der Waals surface area contributed by atoms with Crippen LogP contribution in [0.4, 0.5) is 0 Å². The summed E-state index contributed by atoms with van der Waals surface area (Å²) >= 11 is 0. The first-order valence-corrected chi connectivity index (χ1v) is 5.21. The van der Waals surface area contributed by atoms with Crippen LogP contribution in [0.1, 0.15) is 19.3 Å². The Hall–Kier alpha value is -0.610. The zero-order chi connectivity index (χ0) is 10.2. The van der Waals surface area contributed by atoms with E-state index in [1.54, 1.807) is 7.11 Å². The van der Waals surface area contributed by atoms with Crippen molar-refractivity contribution in [3.05, 3.63) is 0 Å². The molecule has 1 fully saturated rings. The lowest BCUT2D eigenvalue weighted by Gasteiger charge is -2.20. The maximum Gasteiger partial charge on any atom is 0.309 e. The molecule has 0 unspecified atom stereocenters. The number of hydrogen-bond donors (Lipinski definition) is 1. The van der Waals surface area contributed by atoms with Crippen LogP contribution in [0.2, 0.25) is 0 Å². The van der Waals surface area contributed by atoms with Crippen molar-refractivity contribution >= 4 is 5.97 Å². The van der Waals surface area contributed by atoms with E-state index in [0.29, 0.717) is 13.2 Å². The van der Waals surface area contributed by atoms with Gasteiger partial charge < -0.3 is 14.8 Å². The lowest BCUT2D eigenvalue weighted by atomic mass is 9.99. The molecule has 0 amide bonds. The Kier molecular flexibility index (Phi) is 5.56. The van der Waals surface area contributed by atoms with Crippen molar-refractivity contribution < 1.29 is 14.3 Å². The van der Waals surface area contributed by atoms with Crippen molar-refractivity contribution in [3.63, 3.8) is 0 Å². The van der Waals surface area contributed by atoms with E-state index in [0.717, 1.165) is 32.4 Å². The SMILES string of the molecule is COCCCOC(=O)C1CCNCC1. The van der Waals surface area contributed by atoms with Gasteiger partial charge in [-0.3, -0.25) is 4.79 Å². The van der Waals surface area contributed by atoms with Crippen molar-refractivity contribution in [1.29, 1.82) is 0 Å². The normalized spacial score (nSPS) is 18.1. The Morgan fingerprint density at radius 2 is 2.07 bits per heavy atom. The second-order valence-electron chi connectivity index (χ2n) is 3.54. The van der Waals surface area contributed by atoms with E-state index in [9.17, 15) is 4.79 Å². The van der Waals surface area contributed by atoms with E-state index in [1.165, 1.54) is 0 Å². The highest BCUT2D eigenvalue weighted by Crippen LogP contribution is 2.13. The van der Waals surface area contributed by atoms with Crippen LogP contribution in [0.5, 0.6) is 0 Å². The van der Waals surface area contributed by atoms with Crippen LogP contribution < -0.4 is 5.32 Å². The standard InChI is InChI=1S/C10H19NO3/c1-13-7-2-8-14-10(12)9-3-5-11-6-4-9/h9,11H,2-8H2,1H3. The van der Waals surface area contributed by atoms with Crippen molar-refractivity contribution in [2.75, 3.05) is 33.4 Å². The van der Waals surface area contributed by atoms with Crippen LogP contribution in [0.25, 0.3) is 0 Å². The predicted molar refractivity (Wildman–Crippen MR) is 53.0 cm³/mol. The first kappa shape index (κ1) is 11.5. The smallest absolute Gasteiger partial charge is 0.309 e. The van der Waals surface area contributed by atoms with E-state index >= 15 is 0 Å². The van der Waals surface area contributed by atoms with Crippen molar-refractivity contribution in [2.45, 2.75) is 19.3 Å². The highest BCUT2D eigenvalue weighted by atomic mass is 16.5. The van der Waals surface area contributed by atoms with Crippen molar-refractivity contribution in [3.8, 4) is 0 Å². The van der Waals surface area contributed by atoms with Gasteiger partial charge in [0, 0.05) is 20.1 Å². The van der Waals surface area contributed by atoms with Gasteiger partial charge in [-0.15, -0.1) is 0 Å². The maximum atomic E-state index is 11.5. The molecule has 1 aliphatic heterocycles. The van der Waals surface area contributed by atoms with Crippen LogP contribution >= 0.6 is 0 Å². The maximum absolute atomic E-state index is 11.5. The molecule has 0 bridgehead atoms. The van der Waals surface area contributed by atoms with E-state index in [4.69, 9.17) is 9.47 Å². The highest BCUT2D eigenvalue weighted by molar-refractivity contribution is 5.72. The fourth-order valence-electron chi connectivity index (χ4n) is 1.55. The zero-order valence-corrected chi connectivity index (χ0v) is 8.75. The van der Waals surface area contributed by atoms with Gasteiger partial charge in [0.15, 0.2) is 0 Å². The number of piperidine rings is 1. The molecule has 4 nitrogen and oxygen atoms in total. The summed E-state index contributed by atoms with van der Waals surface area (Å²) in [7, 11) is 1.65. The number of carbonyl (C=O) groups is 1. The van der Waals surface area contributed by atoms with E-state index < -0.39 is 0 Å². The molecule has 4 heteroatoms. The van der Waals surface area contributed by atoms with Gasteiger partial charge in [-0.2, -0.15) is 0 Å². The topological polar surface area (TPSA) is 47.6 Å². The number of nitrogens with one attached hydrogen (secondary N) is 1. The number of esters is 1. The van der Waals surface area contributed by atoms with Gasteiger partial charge in [0.1, 0.15) is 0 Å². The molecule has 0 saturated carbocycles. The Labute approximate surface area is 85.0 Å². The number of hydrogen-bond acceptors (Lipinski definition) is 4. The molecule has 0 aliphatic carbocycles. The third-order valence-electron chi connectivity index (χ3n) is 2.41. The minimum Gasteiger partial charge on any atom is -0.465 e. The van der Waals surface area contributed by atoms with Gasteiger partial charge in [0.25, 0.3) is 0 Å². The molecule has 1 saturated heterocycles. The summed E-state index contributed by atoms with van der Waals surface area (Å²) < 4.78 is 10.0. The quantitative estimate of drug-likeness (QED) is 0.521. The Morgan fingerprint density at radius 3 is 2.71 bits per heavy atom. The molecule has 82 valence electrons. The largest absolute Gasteiger partial charge is 0.465 e. The Morgan fingerprint density at radius 1 is 1.36 bits per heavy atom. The molecule has 14 heavy (non-hydrogen) atoms. The minimum absolute atomic E-state index is 0.0393. The van der Waals surface area contributed by atoms with E-state index in [-0.39, 0.29) is 11.9 Å². The molecule has 0 aromatic carbocycles. The summed E-state index contributed by atoms with van der Waals surface area (Å²) in [6, 6.07) is 0. The summed E-state index contributed by atoms with van der Waals surface area (Å²) in [4.78, 5) is 11.5. The molecule has 0 atom stereocenters. The molecule has 0 aromatic heterocycles. The molecule has 1 N–H and O–H groups in total. The number of rotatable bonds is 5. The Balaban J connectivity index is 2.07. The summed E-state index contributed by atoms with van der Waals surface area (Å²) in [5.74, 6) is 0.0707. The summed E-state index contributed by atoms with van der Waals surface area (Å²) in [5.41, 5.74) is 0. The first-order chi connectivity index (χ1) is 6.84.